The normalized spacial score (nSPS) is 13.3. The van der Waals surface area contributed by atoms with Gasteiger partial charge >= 0.3 is 0 Å². The van der Waals surface area contributed by atoms with Crippen molar-refractivity contribution in [2.75, 3.05) is 11.9 Å². The molecule has 1 aliphatic heterocycles. The molecule has 0 aliphatic carbocycles. The number of hydrogen-bond acceptors (Lipinski definition) is 4. The van der Waals surface area contributed by atoms with E-state index in [1.807, 2.05) is 11.8 Å². The molecule has 2 aromatic rings. The van der Waals surface area contributed by atoms with Gasteiger partial charge in [-0.25, -0.2) is 9.97 Å². The lowest BCUT2D eigenvalue weighted by Crippen LogP contribution is -2.06. The Labute approximate surface area is 131 Å². The van der Waals surface area contributed by atoms with E-state index in [-0.39, 0.29) is 0 Å². The molecule has 0 saturated carbocycles. The maximum atomic E-state index is 4.74. The predicted molar refractivity (Wildman–Crippen MR) is 89.1 cm³/mol. The second kappa shape index (κ2) is 5.74. The van der Waals surface area contributed by atoms with Crippen molar-refractivity contribution >= 4 is 33.5 Å². The third kappa shape index (κ3) is 2.56. The number of halogens is 1. The SMILES string of the molecule is CCNc1nc(-c2ccc(C)c(Br)c2)nc2c1CSC2. The van der Waals surface area contributed by atoms with Crippen molar-refractivity contribution in [3.63, 3.8) is 0 Å². The Morgan fingerprint density at radius 1 is 1.30 bits per heavy atom. The van der Waals surface area contributed by atoms with Crippen LogP contribution in [0.3, 0.4) is 0 Å². The number of thioether (sulfide) groups is 1. The fourth-order valence-corrected chi connectivity index (χ4v) is 3.65. The molecular formula is C15H16BrN3S. The minimum Gasteiger partial charge on any atom is -0.370 e. The molecule has 1 aliphatic rings. The predicted octanol–water partition coefficient (Wildman–Crippen LogP) is 4.39. The number of nitrogens with one attached hydrogen (secondary N) is 1. The number of anilines is 1. The zero-order valence-corrected chi connectivity index (χ0v) is 13.9. The van der Waals surface area contributed by atoms with Crippen molar-refractivity contribution in [3.05, 3.63) is 39.5 Å². The van der Waals surface area contributed by atoms with E-state index >= 15 is 0 Å². The van der Waals surface area contributed by atoms with Crippen LogP contribution < -0.4 is 5.32 Å². The summed E-state index contributed by atoms with van der Waals surface area (Å²) in [4.78, 5) is 9.46. The van der Waals surface area contributed by atoms with Crippen LogP contribution >= 0.6 is 27.7 Å². The number of aryl methyl sites for hydroxylation is 1. The molecule has 0 unspecified atom stereocenters. The Bertz CT molecular complexity index is 658. The van der Waals surface area contributed by atoms with Gasteiger partial charge in [0.1, 0.15) is 5.82 Å². The van der Waals surface area contributed by atoms with Gasteiger partial charge in [-0.05, 0) is 25.5 Å². The van der Waals surface area contributed by atoms with E-state index in [0.29, 0.717) is 0 Å². The van der Waals surface area contributed by atoms with Gasteiger partial charge in [-0.3, -0.25) is 0 Å². The molecule has 0 atom stereocenters. The number of nitrogens with zero attached hydrogens (tertiary/aromatic N) is 2. The van der Waals surface area contributed by atoms with Gasteiger partial charge < -0.3 is 5.32 Å². The van der Waals surface area contributed by atoms with Crippen LogP contribution in [0.15, 0.2) is 22.7 Å². The van der Waals surface area contributed by atoms with Crippen molar-refractivity contribution in [3.8, 4) is 11.4 Å². The monoisotopic (exact) mass is 349 g/mol. The number of hydrogen-bond donors (Lipinski definition) is 1. The number of fused-ring (bicyclic) bond motifs is 1. The molecule has 5 heteroatoms. The van der Waals surface area contributed by atoms with Crippen LogP contribution in [-0.4, -0.2) is 16.5 Å². The van der Waals surface area contributed by atoms with Crippen molar-refractivity contribution < 1.29 is 0 Å². The molecule has 1 aromatic carbocycles. The zero-order chi connectivity index (χ0) is 14.1. The summed E-state index contributed by atoms with van der Waals surface area (Å²) in [5.41, 5.74) is 4.72. The van der Waals surface area contributed by atoms with E-state index in [0.717, 1.165) is 39.7 Å². The summed E-state index contributed by atoms with van der Waals surface area (Å²) in [5, 5.41) is 3.37. The third-order valence-corrected chi connectivity index (χ3v) is 5.18. The summed E-state index contributed by atoms with van der Waals surface area (Å²) in [5.74, 6) is 3.79. The number of aromatic nitrogens is 2. The summed E-state index contributed by atoms with van der Waals surface area (Å²) in [6, 6.07) is 6.27. The fraction of sp³-hybridized carbons (Fsp3) is 0.333. The van der Waals surface area contributed by atoms with Gasteiger partial charge in [0, 0.05) is 33.7 Å². The summed E-state index contributed by atoms with van der Waals surface area (Å²) in [6.45, 7) is 5.06. The van der Waals surface area contributed by atoms with Crippen LogP contribution in [0.25, 0.3) is 11.4 Å². The van der Waals surface area contributed by atoms with Gasteiger partial charge in [0.2, 0.25) is 0 Å². The molecule has 0 amide bonds. The lowest BCUT2D eigenvalue weighted by atomic mass is 10.1. The highest BCUT2D eigenvalue weighted by molar-refractivity contribution is 9.10. The summed E-state index contributed by atoms with van der Waals surface area (Å²) in [6.07, 6.45) is 0. The van der Waals surface area contributed by atoms with Crippen LogP contribution in [0, 0.1) is 6.92 Å². The largest absolute Gasteiger partial charge is 0.370 e. The second-order valence-corrected chi connectivity index (χ2v) is 6.65. The van der Waals surface area contributed by atoms with Crippen molar-refractivity contribution in [2.24, 2.45) is 0 Å². The Hall–Kier alpha value is -1.07. The highest BCUT2D eigenvalue weighted by Crippen LogP contribution is 2.34. The highest BCUT2D eigenvalue weighted by atomic mass is 79.9. The van der Waals surface area contributed by atoms with E-state index < -0.39 is 0 Å². The van der Waals surface area contributed by atoms with Crippen molar-refractivity contribution in [2.45, 2.75) is 25.4 Å². The average molecular weight is 350 g/mol. The molecule has 2 heterocycles. The van der Waals surface area contributed by atoms with Gasteiger partial charge in [-0.2, -0.15) is 11.8 Å². The quantitative estimate of drug-likeness (QED) is 0.891. The molecule has 0 saturated heterocycles. The number of benzene rings is 1. The molecule has 104 valence electrons. The van der Waals surface area contributed by atoms with Crippen molar-refractivity contribution in [1.82, 2.24) is 9.97 Å². The van der Waals surface area contributed by atoms with E-state index in [9.17, 15) is 0 Å². The van der Waals surface area contributed by atoms with Gasteiger partial charge in [-0.1, -0.05) is 28.1 Å². The molecule has 0 bridgehead atoms. The van der Waals surface area contributed by atoms with Crippen LogP contribution in [0.1, 0.15) is 23.7 Å². The lowest BCUT2D eigenvalue weighted by molar-refractivity contribution is 1.05. The summed E-state index contributed by atoms with van der Waals surface area (Å²) < 4.78 is 1.10. The molecule has 0 fully saturated rings. The topological polar surface area (TPSA) is 37.8 Å². The second-order valence-electron chi connectivity index (χ2n) is 4.81. The van der Waals surface area contributed by atoms with Gasteiger partial charge in [0.15, 0.2) is 5.82 Å². The Kier molecular flexibility index (Phi) is 3.98. The molecular weight excluding hydrogens is 334 g/mol. The molecule has 1 aromatic heterocycles. The van der Waals surface area contributed by atoms with Crippen LogP contribution in [0.2, 0.25) is 0 Å². The van der Waals surface area contributed by atoms with Gasteiger partial charge in [0.05, 0.1) is 5.69 Å². The first-order valence-corrected chi connectivity index (χ1v) is 8.61. The fourth-order valence-electron chi connectivity index (χ4n) is 2.23. The molecule has 20 heavy (non-hydrogen) atoms. The van der Waals surface area contributed by atoms with Crippen LogP contribution in [0.5, 0.6) is 0 Å². The Morgan fingerprint density at radius 3 is 2.90 bits per heavy atom. The zero-order valence-electron chi connectivity index (χ0n) is 11.5. The van der Waals surface area contributed by atoms with E-state index in [1.54, 1.807) is 0 Å². The maximum absolute atomic E-state index is 4.74. The van der Waals surface area contributed by atoms with E-state index in [2.05, 4.69) is 53.3 Å². The van der Waals surface area contributed by atoms with Gasteiger partial charge in [-0.15, -0.1) is 0 Å². The van der Waals surface area contributed by atoms with E-state index in [1.165, 1.54) is 16.8 Å². The molecule has 1 N–H and O–H groups in total. The average Bonchev–Trinajstić information content (AvgIpc) is 2.90. The molecule has 0 radical (unpaired) electrons. The summed E-state index contributed by atoms with van der Waals surface area (Å²) in [7, 11) is 0. The summed E-state index contributed by atoms with van der Waals surface area (Å²) >= 11 is 5.48. The number of rotatable bonds is 3. The molecule has 0 spiro atoms. The standard InChI is InChI=1S/C15H16BrN3S/c1-3-17-15-11-7-20-8-13(11)18-14(19-15)10-5-4-9(2)12(16)6-10/h4-6H,3,7-8H2,1-2H3,(H,17,18,19). The van der Waals surface area contributed by atoms with Crippen molar-refractivity contribution in [1.29, 1.82) is 0 Å². The van der Waals surface area contributed by atoms with Crippen LogP contribution in [0.4, 0.5) is 5.82 Å². The smallest absolute Gasteiger partial charge is 0.161 e. The Morgan fingerprint density at radius 2 is 2.15 bits per heavy atom. The first-order valence-electron chi connectivity index (χ1n) is 6.67. The highest BCUT2D eigenvalue weighted by Gasteiger charge is 2.20. The molecule has 3 rings (SSSR count). The first kappa shape index (κ1) is 13.9. The third-order valence-electron chi connectivity index (χ3n) is 3.35. The van der Waals surface area contributed by atoms with Gasteiger partial charge in [0.25, 0.3) is 0 Å². The minimum atomic E-state index is 0.808. The lowest BCUT2D eigenvalue weighted by Gasteiger charge is -2.11. The molecule has 3 nitrogen and oxygen atoms in total. The van der Waals surface area contributed by atoms with E-state index in [4.69, 9.17) is 9.97 Å². The first-order chi connectivity index (χ1) is 9.69. The maximum Gasteiger partial charge on any atom is 0.161 e. The Balaban J connectivity index is 2.09. The van der Waals surface area contributed by atoms with Crippen LogP contribution in [-0.2, 0) is 11.5 Å². The minimum absolute atomic E-state index is 0.808.